The third-order valence-electron chi connectivity index (χ3n) is 9.63. The van der Waals surface area contributed by atoms with Gasteiger partial charge in [-0.1, -0.05) is 60.1 Å². The lowest BCUT2D eigenvalue weighted by Gasteiger charge is -2.20. The molecule has 0 amide bonds. The standard InChI is InChI=1S/C41H51ClN2O5/c1-28-11-7-12-29(2)37(28)27-49-40-22-41(38(42)21-33(40)23-43-34(24-45)25-46)48-26-32-13-8-14-35(30(32)3)36-15-9-16-39(31(36)4)47-20-10-19-44-17-5-6-18-44/h7-9,11-16,21-22,34,43,45-46H,5-6,10,17-20,23-27H2,1-4H3. The number of aliphatic hydroxyl groups is 2. The lowest BCUT2D eigenvalue weighted by molar-refractivity contribution is 0.169. The Bertz CT molecular complexity index is 1660. The zero-order chi connectivity index (χ0) is 34.8. The molecule has 262 valence electrons. The van der Waals surface area contributed by atoms with E-state index in [1.54, 1.807) is 0 Å². The summed E-state index contributed by atoms with van der Waals surface area (Å²) in [4.78, 5) is 2.52. The van der Waals surface area contributed by atoms with Crippen LogP contribution in [0, 0.1) is 27.7 Å². The number of rotatable bonds is 17. The van der Waals surface area contributed by atoms with Crippen LogP contribution in [0.4, 0.5) is 0 Å². The highest BCUT2D eigenvalue weighted by Crippen LogP contribution is 2.36. The second-order valence-electron chi connectivity index (χ2n) is 13.1. The van der Waals surface area contributed by atoms with Crippen molar-refractivity contribution in [2.45, 2.75) is 72.8 Å². The van der Waals surface area contributed by atoms with E-state index in [0.29, 0.717) is 42.9 Å². The third-order valence-corrected chi connectivity index (χ3v) is 9.93. The maximum absolute atomic E-state index is 9.58. The number of aryl methyl sites for hydroxylation is 2. The Morgan fingerprint density at radius 1 is 0.735 bits per heavy atom. The van der Waals surface area contributed by atoms with E-state index in [1.165, 1.54) is 25.9 Å². The average molecular weight is 687 g/mol. The molecule has 0 aromatic heterocycles. The van der Waals surface area contributed by atoms with Gasteiger partial charge in [-0.05, 0) is 117 Å². The maximum atomic E-state index is 9.58. The Kier molecular flexibility index (Phi) is 13.4. The number of likely N-dealkylation sites (tertiary alicyclic amines) is 1. The fourth-order valence-corrected chi connectivity index (χ4v) is 6.69. The molecule has 1 fully saturated rings. The molecule has 0 atom stereocenters. The first kappa shape index (κ1) is 36.7. The molecular weight excluding hydrogens is 636 g/mol. The van der Waals surface area contributed by atoms with Gasteiger partial charge in [0.1, 0.15) is 30.5 Å². The predicted octanol–water partition coefficient (Wildman–Crippen LogP) is 7.71. The van der Waals surface area contributed by atoms with Crippen molar-refractivity contribution in [3.63, 3.8) is 0 Å². The Hall–Kier alpha value is -3.59. The normalized spacial score (nSPS) is 13.3. The highest BCUT2D eigenvalue weighted by Gasteiger charge is 2.17. The van der Waals surface area contributed by atoms with Crippen molar-refractivity contribution in [2.75, 3.05) is 39.5 Å². The lowest BCUT2D eigenvalue weighted by Crippen LogP contribution is -2.35. The molecule has 4 aromatic rings. The second-order valence-corrected chi connectivity index (χ2v) is 13.5. The summed E-state index contributed by atoms with van der Waals surface area (Å²) in [5, 5.41) is 22.8. The number of hydrogen-bond acceptors (Lipinski definition) is 7. The number of nitrogens with one attached hydrogen (secondary N) is 1. The minimum atomic E-state index is -0.452. The molecule has 1 aliphatic heterocycles. The van der Waals surface area contributed by atoms with Crippen LogP contribution in [0.25, 0.3) is 11.1 Å². The highest BCUT2D eigenvalue weighted by atomic mass is 35.5. The molecule has 1 heterocycles. The van der Waals surface area contributed by atoms with Crippen LogP contribution in [0.1, 0.15) is 58.2 Å². The first-order valence-corrected chi connectivity index (χ1v) is 17.8. The van der Waals surface area contributed by atoms with Gasteiger partial charge in [0.25, 0.3) is 0 Å². The number of halogens is 1. The quantitative estimate of drug-likeness (QED) is 0.0982. The first-order valence-electron chi connectivity index (χ1n) is 17.4. The van der Waals surface area contributed by atoms with Crippen molar-refractivity contribution < 1.29 is 24.4 Å². The molecule has 0 unspecified atom stereocenters. The van der Waals surface area contributed by atoms with Crippen LogP contribution in [0.3, 0.4) is 0 Å². The molecule has 7 nitrogen and oxygen atoms in total. The molecule has 49 heavy (non-hydrogen) atoms. The van der Waals surface area contributed by atoms with E-state index < -0.39 is 6.04 Å². The van der Waals surface area contributed by atoms with E-state index in [0.717, 1.165) is 68.8 Å². The molecule has 3 N–H and O–H groups in total. The summed E-state index contributed by atoms with van der Waals surface area (Å²) in [7, 11) is 0. The second kappa shape index (κ2) is 17.9. The van der Waals surface area contributed by atoms with E-state index in [-0.39, 0.29) is 13.2 Å². The third kappa shape index (κ3) is 9.56. The summed E-state index contributed by atoms with van der Waals surface area (Å²) in [6.07, 6.45) is 3.65. The van der Waals surface area contributed by atoms with Crippen molar-refractivity contribution in [1.29, 1.82) is 0 Å². The average Bonchev–Trinajstić information content (AvgIpc) is 3.62. The van der Waals surface area contributed by atoms with Crippen LogP contribution < -0.4 is 19.5 Å². The van der Waals surface area contributed by atoms with Crippen LogP contribution in [-0.2, 0) is 19.8 Å². The number of aliphatic hydroxyl groups excluding tert-OH is 2. The summed E-state index contributed by atoms with van der Waals surface area (Å²) < 4.78 is 19.0. The summed E-state index contributed by atoms with van der Waals surface area (Å²) >= 11 is 6.79. The van der Waals surface area contributed by atoms with Gasteiger partial charge in [-0.2, -0.15) is 0 Å². The van der Waals surface area contributed by atoms with Crippen molar-refractivity contribution in [1.82, 2.24) is 10.2 Å². The zero-order valence-corrected chi connectivity index (χ0v) is 30.1. The number of benzene rings is 4. The van der Waals surface area contributed by atoms with Gasteiger partial charge >= 0.3 is 0 Å². The van der Waals surface area contributed by atoms with Crippen molar-refractivity contribution in [3.05, 3.63) is 111 Å². The predicted molar refractivity (Wildman–Crippen MR) is 198 cm³/mol. The molecular formula is C41H51ClN2O5. The van der Waals surface area contributed by atoms with Gasteiger partial charge in [0.05, 0.1) is 30.9 Å². The van der Waals surface area contributed by atoms with Crippen LogP contribution in [0.15, 0.2) is 66.7 Å². The van der Waals surface area contributed by atoms with Crippen molar-refractivity contribution >= 4 is 11.6 Å². The van der Waals surface area contributed by atoms with Crippen molar-refractivity contribution in [3.8, 4) is 28.4 Å². The monoisotopic (exact) mass is 686 g/mol. The van der Waals surface area contributed by atoms with Crippen LogP contribution in [0.2, 0.25) is 5.02 Å². The molecule has 5 rings (SSSR count). The number of nitrogens with zero attached hydrogens (tertiary/aromatic N) is 1. The molecule has 0 aliphatic carbocycles. The summed E-state index contributed by atoms with van der Waals surface area (Å²) in [5.74, 6) is 2.08. The van der Waals surface area contributed by atoms with Gasteiger partial charge < -0.3 is 34.6 Å². The van der Waals surface area contributed by atoms with Gasteiger partial charge in [0.2, 0.25) is 0 Å². The molecule has 1 aliphatic rings. The largest absolute Gasteiger partial charge is 0.493 e. The van der Waals surface area contributed by atoms with E-state index in [1.807, 2.05) is 18.2 Å². The van der Waals surface area contributed by atoms with Gasteiger partial charge in [-0.15, -0.1) is 0 Å². The van der Waals surface area contributed by atoms with E-state index >= 15 is 0 Å². The summed E-state index contributed by atoms with van der Waals surface area (Å²) in [5.41, 5.74) is 9.88. The number of hydrogen-bond donors (Lipinski definition) is 3. The summed E-state index contributed by atoms with van der Waals surface area (Å²) in [6, 6.07) is 22.0. The topological polar surface area (TPSA) is 83.4 Å². The Labute approximate surface area is 296 Å². The lowest BCUT2D eigenvalue weighted by atomic mass is 9.93. The molecule has 0 spiro atoms. The van der Waals surface area contributed by atoms with E-state index in [2.05, 4.69) is 86.4 Å². The zero-order valence-electron chi connectivity index (χ0n) is 29.4. The molecule has 4 aromatic carbocycles. The van der Waals surface area contributed by atoms with Gasteiger partial charge in [-0.25, -0.2) is 0 Å². The molecule has 8 heteroatoms. The minimum absolute atomic E-state index is 0.182. The summed E-state index contributed by atoms with van der Waals surface area (Å²) in [6.45, 7) is 13.4. The van der Waals surface area contributed by atoms with Crippen molar-refractivity contribution in [2.24, 2.45) is 0 Å². The fourth-order valence-electron chi connectivity index (χ4n) is 6.45. The fraction of sp³-hybridized carbons (Fsp3) is 0.415. The molecule has 0 radical (unpaired) electrons. The maximum Gasteiger partial charge on any atom is 0.142 e. The van der Waals surface area contributed by atoms with E-state index in [4.69, 9.17) is 25.8 Å². The van der Waals surface area contributed by atoms with Gasteiger partial charge in [-0.3, -0.25) is 0 Å². The minimum Gasteiger partial charge on any atom is -0.493 e. The Morgan fingerprint density at radius 2 is 1.39 bits per heavy atom. The van der Waals surface area contributed by atoms with Crippen LogP contribution >= 0.6 is 11.6 Å². The molecule has 0 saturated carbocycles. The van der Waals surface area contributed by atoms with Crippen LogP contribution in [0.5, 0.6) is 17.2 Å². The smallest absolute Gasteiger partial charge is 0.142 e. The van der Waals surface area contributed by atoms with Gasteiger partial charge in [0.15, 0.2) is 0 Å². The Morgan fingerprint density at radius 3 is 2.10 bits per heavy atom. The highest BCUT2D eigenvalue weighted by molar-refractivity contribution is 6.32. The van der Waals surface area contributed by atoms with E-state index in [9.17, 15) is 10.2 Å². The van der Waals surface area contributed by atoms with Gasteiger partial charge in [0, 0.05) is 24.7 Å². The Balaban J connectivity index is 1.32. The number of ether oxygens (including phenoxy) is 3. The SMILES string of the molecule is Cc1cccc(C)c1COc1cc(OCc2cccc(-c3cccc(OCCCN4CCCC4)c3C)c2C)c(Cl)cc1CNC(CO)CO. The molecule has 0 bridgehead atoms. The first-order chi connectivity index (χ1) is 23.8. The van der Waals surface area contributed by atoms with Crippen LogP contribution in [-0.4, -0.2) is 60.6 Å². The molecule has 1 saturated heterocycles.